The topological polar surface area (TPSA) is 23.1 Å². The fourth-order valence-electron chi connectivity index (χ4n) is 0.976. The number of rotatable bonds is 1. The second-order valence-corrected chi connectivity index (χ2v) is 3.18. The fraction of sp³-hybridized carbons (Fsp3) is 0.400. The van der Waals surface area contributed by atoms with Gasteiger partial charge >= 0.3 is 0 Å². The van der Waals surface area contributed by atoms with Crippen LogP contribution in [0.3, 0.4) is 0 Å². The first kappa shape index (κ1) is 11.3. The predicted molar refractivity (Wildman–Crippen MR) is 44.7 cm³/mol. The first-order chi connectivity index (χ1) is 5.11. The normalized spacial score (nSPS) is 9.67. The minimum Gasteiger partial charge on any atom is -1.00 e. The maximum atomic E-state index is 11.1. The first-order valence-electron chi connectivity index (χ1n) is 3.89. The minimum absolute atomic E-state index is 0. The van der Waals surface area contributed by atoms with Gasteiger partial charge in [-0.15, -0.1) is 5.75 Å². The van der Waals surface area contributed by atoms with E-state index in [0.29, 0.717) is 5.92 Å². The molecule has 0 atom stereocenters. The third-order valence-electron chi connectivity index (χ3n) is 1.88. The van der Waals surface area contributed by atoms with Crippen molar-refractivity contribution in [2.75, 3.05) is 0 Å². The van der Waals surface area contributed by atoms with Gasteiger partial charge in [-0.25, -0.2) is 0 Å². The van der Waals surface area contributed by atoms with Crippen LogP contribution in [0.2, 0.25) is 0 Å². The van der Waals surface area contributed by atoms with Crippen LogP contribution in [0.15, 0.2) is 18.2 Å². The zero-order valence-electron chi connectivity index (χ0n) is 7.60. The molecule has 0 aliphatic rings. The molecule has 0 amide bonds. The summed E-state index contributed by atoms with van der Waals surface area (Å²) in [6.45, 7) is 6.01. The van der Waals surface area contributed by atoms with Crippen molar-refractivity contribution in [3.05, 3.63) is 29.3 Å². The molecule has 1 aromatic carbocycles. The Morgan fingerprint density at radius 2 is 1.83 bits per heavy atom. The van der Waals surface area contributed by atoms with Gasteiger partial charge in [-0.2, -0.15) is 0 Å². The lowest BCUT2D eigenvalue weighted by molar-refractivity contribution is -0.269. The Labute approximate surface area is 79.8 Å². The van der Waals surface area contributed by atoms with Gasteiger partial charge in [0.15, 0.2) is 0 Å². The summed E-state index contributed by atoms with van der Waals surface area (Å²) >= 11 is 0. The summed E-state index contributed by atoms with van der Waals surface area (Å²) in [6, 6.07) is 5.62. The molecule has 0 aromatic heterocycles. The van der Waals surface area contributed by atoms with Gasteiger partial charge in [0.25, 0.3) is 0 Å². The SMILES string of the molecule is Cc1ccc(C(C)C)cc1[O-].[Cl-]. The number of halogens is 1. The second kappa shape index (κ2) is 4.36. The highest BCUT2D eigenvalue weighted by atomic mass is 35.5. The molecule has 0 N–H and O–H groups in total. The van der Waals surface area contributed by atoms with E-state index in [2.05, 4.69) is 13.8 Å². The molecule has 1 rings (SSSR count). The van der Waals surface area contributed by atoms with Crippen LogP contribution in [0.25, 0.3) is 0 Å². The molecule has 12 heavy (non-hydrogen) atoms. The number of hydrogen-bond donors (Lipinski definition) is 0. The lowest BCUT2D eigenvalue weighted by atomic mass is 10.0. The molecule has 0 heterocycles. The predicted octanol–water partition coefficient (Wildman–Crippen LogP) is -0.804. The molecular formula is C10H13ClO-2. The Balaban J connectivity index is 0.00000121. The van der Waals surface area contributed by atoms with Crippen molar-refractivity contribution >= 4 is 0 Å². The minimum atomic E-state index is 0. The van der Waals surface area contributed by atoms with Crippen LogP contribution < -0.4 is 17.5 Å². The molecule has 0 saturated heterocycles. The molecule has 0 fully saturated rings. The van der Waals surface area contributed by atoms with Gasteiger partial charge in [0.2, 0.25) is 0 Å². The van der Waals surface area contributed by atoms with Crippen LogP contribution in [-0.2, 0) is 0 Å². The molecule has 1 aromatic rings. The maximum Gasteiger partial charge on any atom is -0.0219 e. The second-order valence-electron chi connectivity index (χ2n) is 3.18. The van der Waals surface area contributed by atoms with Crippen LogP contribution in [0.5, 0.6) is 5.75 Å². The van der Waals surface area contributed by atoms with Crippen LogP contribution in [0, 0.1) is 6.92 Å². The average molecular weight is 185 g/mol. The van der Waals surface area contributed by atoms with E-state index in [4.69, 9.17) is 0 Å². The quantitative estimate of drug-likeness (QED) is 0.561. The summed E-state index contributed by atoms with van der Waals surface area (Å²) in [4.78, 5) is 0. The van der Waals surface area contributed by atoms with Gasteiger partial charge in [0.1, 0.15) is 0 Å². The number of hydrogen-bond acceptors (Lipinski definition) is 1. The Morgan fingerprint density at radius 1 is 1.25 bits per heavy atom. The molecule has 0 aliphatic carbocycles. The smallest absolute Gasteiger partial charge is 0.0219 e. The number of aryl methyl sites for hydroxylation is 1. The molecule has 0 bridgehead atoms. The van der Waals surface area contributed by atoms with Gasteiger partial charge < -0.3 is 17.5 Å². The van der Waals surface area contributed by atoms with Crippen molar-refractivity contribution in [2.45, 2.75) is 26.7 Å². The fourth-order valence-corrected chi connectivity index (χ4v) is 0.976. The van der Waals surface area contributed by atoms with E-state index < -0.39 is 0 Å². The van der Waals surface area contributed by atoms with Crippen molar-refractivity contribution in [2.24, 2.45) is 0 Å². The van der Waals surface area contributed by atoms with Crippen LogP contribution >= 0.6 is 0 Å². The van der Waals surface area contributed by atoms with E-state index in [-0.39, 0.29) is 18.2 Å². The molecule has 1 nitrogen and oxygen atoms in total. The van der Waals surface area contributed by atoms with Gasteiger partial charge in [-0.3, -0.25) is 0 Å². The summed E-state index contributed by atoms with van der Waals surface area (Å²) in [7, 11) is 0. The zero-order valence-corrected chi connectivity index (χ0v) is 8.35. The van der Waals surface area contributed by atoms with Crippen molar-refractivity contribution in [1.82, 2.24) is 0 Å². The highest BCUT2D eigenvalue weighted by molar-refractivity contribution is 5.35. The van der Waals surface area contributed by atoms with Crippen LogP contribution in [0.4, 0.5) is 0 Å². The molecule has 0 saturated carbocycles. The van der Waals surface area contributed by atoms with Gasteiger partial charge in [0, 0.05) is 0 Å². The van der Waals surface area contributed by atoms with E-state index >= 15 is 0 Å². The van der Waals surface area contributed by atoms with Gasteiger partial charge in [0.05, 0.1) is 0 Å². The molecule has 0 spiro atoms. The Kier molecular flexibility index (Phi) is 4.11. The molecule has 68 valence electrons. The molecule has 0 radical (unpaired) electrons. The van der Waals surface area contributed by atoms with E-state index in [1.165, 1.54) is 0 Å². The highest BCUT2D eigenvalue weighted by Crippen LogP contribution is 2.20. The molecule has 2 heteroatoms. The lowest BCUT2D eigenvalue weighted by Crippen LogP contribution is -3.00. The molecular weight excluding hydrogens is 172 g/mol. The summed E-state index contributed by atoms with van der Waals surface area (Å²) in [5.74, 6) is 0.597. The molecule has 0 unspecified atom stereocenters. The number of benzene rings is 1. The Morgan fingerprint density at radius 3 is 2.25 bits per heavy atom. The maximum absolute atomic E-state index is 11.1. The summed E-state index contributed by atoms with van der Waals surface area (Å²) < 4.78 is 0. The van der Waals surface area contributed by atoms with E-state index in [1.807, 2.05) is 19.1 Å². The van der Waals surface area contributed by atoms with Gasteiger partial charge in [-0.1, -0.05) is 37.6 Å². The van der Waals surface area contributed by atoms with Crippen LogP contribution in [0.1, 0.15) is 30.9 Å². The Bertz CT molecular complexity index is 256. The van der Waals surface area contributed by atoms with Crippen LogP contribution in [-0.4, -0.2) is 0 Å². The average Bonchev–Trinajstić information content (AvgIpc) is 1.94. The van der Waals surface area contributed by atoms with E-state index in [9.17, 15) is 5.11 Å². The third kappa shape index (κ3) is 2.42. The van der Waals surface area contributed by atoms with E-state index in [0.717, 1.165) is 11.1 Å². The monoisotopic (exact) mass is 184 g/mol. The summed E-state index contributed by atoms with van der Waals surface area (Å²) in [5.41, 5.74) is 1.95. The van der Waals surface area contributed by atoms with Crippen molar-refractivity contribution in [3.8, 4) is 5.75 Å². The van der Waals surface area contributed by atoms with Crippen molar-refractivity contribution in [3.63, 3.8) is 0 Å². The van der Waals surface area contributed by atoms with E-state index in [1.54, 1.807) is 6.07 Å². The molecule has 0 aliphatic heterocycles. The standard InChI is InChI=1S/C10H14O.ClH/c1-7(2)9-5-4-8(3)10(11)6-9;/h4-7,11H,1-3H3;1H/p-2. The third-order valence-corrected chi connectivity index (χ3v) is 1.88. The highest BCUT2D eigenvalue weighted by Gasteiger charge is 1.97. The first-order valence-corrected chi connectivity index (χ1v) is 3.89. The van der Waals surface area contributed by atoms with Crippen molar-refractivity contribution < 1.29 is 17.5 Å². The largest absolute Gasteiger partial charge is 1.00 e. The zero-order chi connectivity index (χ0) is 8.43. The van der Waals surface area contributed by atoms with Crippen molar-refractivity contribution in [1.29, 1.82) is 0 Å². The Hall–Kier alpha value is -0.690. The lowest BCUT2D eigenvalue weighted by Gasteiger charge is -2.13. The van der Waals surface area contributed by atoms with Gasteiger partial charge in [-0.05, 0) is 18.4 Å². The summed E-state index contributed by atoms with van der Waals surface area (Å²) in [5, 5.41) is 11.1. The summed E-state index contributed by atoms with van der Waals surface area (Å²) in [6.07, 6.45) is 0.